The Morgan fingerprint density at radius 2 is 0.912 bits per heavy atom. The van der Waals surface area contributed by atoms with Gasteiger partial charge in [-0.3, -0.25) is 0 Å². The number of halogens is 3. The van der Waals surface area contributed by atoms with Crippen LogP contribution in [0.4, 0.5) is 13.2 Å². The van der Waals surface area contributed by atoms with E-state index in [2.05, 4.69) is 41.2 Å². The molecular weight excluding hydrogens is 429 g/mol. The van der Waals surface area contributed by atoms with Crippen molar-refractivity contribution in [2.75, 3.05) is 0 Å². The molecule has 0 aliphatic carbocycles. The predicted molar refractivity (Wildman–Crippen MR) is 157 cm³/mol. The molecule has 0 N–H and O–H groups in total. The monoisotopic (exact) mass is 497 g/mol. The van der Waals surface area contributed by atoms with E-state index in [9.17, 15) is 13.2 Å². The lowest BCUT2D eigenvalue weighted by atomic mass is 9.81. The Labute approximate surface area is 216 Å². The van der Waals surface area contributed by atoms with Crippen LogP contribution in [0.5, 0.6) is 0 Å². The highest BCUT2D eigenvalue weighted by Gasteiger charge is 2.24. The third-order valence-electron chi connectivity index (χ3n) is 4.85. The number of allylic oxidation sites excluding steroid dienone is 3. The van der Waals surface area contributed by atoms with E-state index in [1.807, 2.05) is 55.4 Å². The molecule has 0 aliphatic heterocycles. The molecule has 0 radical (unpaired) electrons. The highest BCUT2D eigenvalue weighted by Crippen LogP contribution is 2.34. The second kappa shape index (κ2) is 20.2. The number of rotatable bonds is 3. The quantitative estimate of drug-likeness (QED) is 0.341. The van der Waals surface area contributed by atoms with Crippen LogP contribution in [0.15, 0.2) is 35.7 Å². The molecule has 0 heterocycles. The maximum Gasteiger partial charge on any atom is 0.270 e. The Morgan fingerprint density at radius 1 is 0.588 bits per heavy atom. The highest BCUT2D eigenvalue weighted by atomic mass is 19.3. The molecule has 0 rings (SSSR count). The summed E-state index contributed by atoms with van der Waals surface area (Å²) < 4.78 is 36.9. The van der Waals surface area contributed by atoms with Crippen molar-refractivity contribution >= 4 is 0 Å². The van der Waals surface area contributed by atoms with Crippen molar-refractivity contribution in [3.05, 3.63) is 35.7 Å². The third kappa shape index (κ3) is 22.8. The summed E-state index contributed by atoms with van der Waals surface area (Å²) in [5.41, 5.74) is 2.33. The van der Waals surface area contributed by atoms with E-state index in [1.165, 1.54) is 5.57 Å². The van der Waals surface area contributed by atoms with Gasteiger partial charge in [0.1, 0.15) is 0 Å². The van der Waals surface area contributed by atoms with Crippen molar-refractivity contribution in [1.29, 1.82) is 0 Å². The fourth-order valence-electron chi connectivity index (χ4n) is 3.39. The van der Waals surface area contributed by atoms with Crippen LogP contribution in [-0.2, 0) is 0 Å². The lowest BCUT2D eigenvalue weighted by Gasteiger charge is -2.24. The van der Waals surface area contributed by atoms with Gasteiger partial charge in [0.2, 0.25) is 0 Å². The van der Waals surface area contributed by atoms with Gasteiger partial charge in [-0.2, -0.15) is 8.78 Å². The minimum absolute atomic E-state index is 0. The molecule has 0 aliphatic rings. The van der Waals surface area contributed by atoms with Crippen molar-refractivity contribution in [3.8, 4) is 0 Å². The van der Waals surface area contributed by atoms with Crippen LogP contribution in [0.3, 0.4) is 0 Å². The van der Waals surface area contributed by atoms with Crippen LogP contribution in [0.25, 0.3) is 0 Å². The fraction of sp³-hybridized carbons (Fsp3) is 0.806. The molecular formula is C31H67F3. The Morgan fingerprint density at radius 3 is 0.912 bits per heavy atom. The molecule has 0 saturated carbocycles. The molecule has 0 fully saturated rings. The van der Waals surface area contributed by atoms with Gasteiger partial charge >= 0.3 is 0 Å². The summed E-state index contributed by atoms with van der Waals surface area (Å²) in [5.74, 6) is 0.856. The van der Waals surface area contributed by atoms with Crippen molar-refractivity contribution in [2.24, 2.45) is 34.0 Å². The zero-order chi connectivity index (χ0) is 25.2. The van der Waals surface area contributed by atoms with Gasteiger partial charge in [-0.05, 0) is 39.6 Å². The molecule has 34 heavy (non-hydrogen) atoms. The van der Waals surface area contributed by atoms with Crippen molar-refractivity contribution in [2.45, 2.75) is 134 Å². The molecule has 0 spiro atoms. The van der Waals surface area contributed by atoms with Gasteiger partial charge in [0.25, 0.3) is 6.08 Å². The topological polar surface area (TPSA) is 0 Å². The second-order valence-corrected chi connectivity index (χ2v) is 12.0. The summed E-state index contributed by atoms with van der Waals surface area (Å²) >= 11 is 0. The van der Waals surface area contributed by atoms with E-state index in [0.29, 0.717) is 11.8 Å². The normalized spacial score (nSPS) is 11.4. The predicted octanol–water partition coefficient (Wildman–Crippen LogP) is 13.2. The second-order valence-electron chi connectivity index (χ2n) is 12.0. The summed E-state index contributed by atoms with van der Waals surface area (Å²) in [5, 5.41) is 0. The van der Waals surface area contributed by atoms with E-state index in [1.54, 1.807) is 13.8 Å². The van der Waals surface area contributed by atoms with Crippen LogP contribution < -0.4 is 0 Å². The minimum Gasteiger partial charge on any atom is -0.216 e. The van der Waals surface area contributed by atoms with E-state index in [0.717, 1.165) is 11.9 Å². The molecule has 0 aromatic rings. The van der Waals surface area contributed by atoms with E-state index in [4.69, 9.17) is 0 Å². The van der Waals surface area contributed by atoms with Crippen LogP contribution >= 0.6 is 0 Å². The molecule has 0 unspecified atom stereocenters. The standard InChI is InChI=1S/C9H16F2.C9H17F.C9H18.4CH4/c1-6(2)7(8(10)11)9(3,4)5;1-7(2)8(6-10)9(3,4)5;1-7(2)8(3)9(4,5)6;;;;/h6H,1-5H3;6-7H,1-5H3;7H,3H2,1-2,4-6H3;4*1H4. The molecule has 0 aromatic carbocycles. The smallest absolute Gasteiger partial charge is 0.216 e. The molecule has 212 valence electrons. The van der Waals surface area contributed by atoms with Crippen molar-refractivity contribution < 1.29 is 13.2 Å². The van der Waals surface area contributed by atoms with E-state index < -0.39 is 11.5 Å². The maximum absolute atomic E-state index is 12.3. The van der Waals surface area contributed by atoms with E-state index in [-0.39, 0.29) is 52.0 Å². The van der Waals surface area contributed by atoms with Crippen LogP contribution in [0.1, 0.15) is 134 Å². The molecule has 0 amide bonds. The molecule has 0 saturated heterocycles. The van der Waals surface area contributed by atoms with Crippen molar-refractivity contribution in [1.82, 2.24) is 0 Å². The van der Waals surface area contributed by atoms with Gasteiger partial charge in [-0.15, -0.1) is 0 Å². The van der Waals surface area contributed by atoms with Gasteiger partial charge in [0, 0.05) is 5.57 Å². The lowest BCUT2D eigenvalue weighted by molar-refractivity contribution is 0.344. The van der Waals surface area contributed by atoms with Gasteiger partial charge < -0.3 is 0 Å². The average Bonchev–Trinajstić information content (AvgIpc) is 2.42. The first-order valence-corrected chi connectivity index (χ1v) is 11.1. The van der Waals surface area contributed by atoms with E-state index >= 15 is 0 Å². The Kier molecular flexibility index (Phi) is 29.7. The highest BCUT2D eigenvalue weighted by molar-refractivity contribution is 5.13. The zero-order valence-electron chi connectivity index (χ0n) is 22.7. The molecule has 0 nitrogen and oxygen atoms in total. The Bertz CT molecular complexity index is 551. The Balaban J connectivity index is -0.0000000610. The first kappa shape index (κ1) is 50.0. The summed E-state index contributed by atoms with van der Waals surface area (Å²) in [6, 6.07) is 0. The first-order valence-electron chi connectivity index (χ1n) is 11.1. The lowest BCUT2D eigenvalue weighted by Crippen LogP contribution is -2.15. The maximum atomic E-state index is 12.3. The van der Waals surface area contributed by atoms with Crippen LogP contribution in [0.2, 0.25) is 0 Å². The largest absolute Gasteiger partial charge is 0.270 e. The zero-order valence-corrected chi connectivity index (χ0v) is 22.7. The summed E-state index contributed by atoms with van der Waals surface area (Å²) in [6.45, 7) is 34.1. The molecule has 0 aromatic heterocycles. The molecule has 3 heteroatoms. The first-order chi connectivity index (χ1) is 13.0. The SMILES string of the molecule is C.C.C.C.C=C(C(C)C)C(C)(C)C.CC(C)C(=C(F)F)C(C)(C)C.CC(C)C(=CF)C(C)(C)C. The third-order valence-corrected chi connectivity index (χ3v) is 4.85. The summed E-state index contributed by atoms with van der Waals surface area (Å²) in [7, 11) is 0. The van der Waals surface area contributed by atoms with Gasteiger partial charge in [-0.25, -0.2) is 4.39 Å². The summed E-state index contributed by atoms with van der Waals surface area (Å²) in [4.78, 5) is 0. The minimum atomic E-state index is -1.52. The average molecular weight is 497 g/mol. The number of hydrogen-bond acceptors (Lipinski definition) is 0. The van der Waals surface area contributed by atoms with Crippen LogP contribution in [-0.4, -0.2) is 0 Å². The van der Waals surface area contributed by atoms with Crippen molar-refractivity contribution in [3.63, 3.8) is 0 Å². The van der Waals surface area contributed by atoms with Gasteiger partial charge in [0.15, 0.2) is 0 Å². The summed E-state index contributed by atoms with van der Waals surface area (Å²) in [6.07, 6.45) is -0.780. The van der Waals surface area contributed by atoms with Gasteiger partial charge in [0.05, 0.1) is 6.33 Å². The molecule has 0 atom stereocenters. The van der Waals surface area contributed by atoms with Crippen LogP contribution in [0, 0.1) is 34.0 Å². The molecule has 0 bridgehead atoms. The number of hydrogen-bond donors (Lipinski definition) is 0. The fourth-order valence-corrected chi connectivity index (χ4v) is 3.39. The Hall–Kier alpha value is -0.990. The van der Waals surface area contributed by atoms with Gasteiger partial charge in [-0.1, -0.05) is 146 Å².